The zero-order chi connectivity index (χ0) is 20.4. The number of amides is 1. The first kappa shape index (κ1) is 19.8. The minimum absolute atomic E-state index is 0.0317. The molecule has 154 valence electrons. The van der Waals surface area contributed by atoms with Crippen molar-refractivity contribution in [1.82, 2.24) is 14.8 Å². The maximum absolute atomic E-state index is 13.3. The Balaban J connectivity index is 1.63. The van der Waals surface area contributed by atoms with Crippen LogP contribution < -0.4 is 9.64 Å². The van der Waals surface area contributed by atoms with Crippen molar-refractivity contribution in [1.29, 1.82) is 0 Å². The van der Waals surface area contributed by atoms with E-state index in [0.717, 1.165) is 46.8 Å². The van der Waals surface area contributed by atoms with Gasteiger partial charge < -0.3 is 9.47 Å². The molecular formula is C21H26N4O3S. The molecule has 2 aromatic heterocycles. The first-order valence-electron chi connectivity index (χ1n) is 10.00. The highest BCUT2D eigenvalue weighted by Crippen LogP contribution is 2.32. The van der Waals surface area contributed by atoms with Crippen molar-refractivity contribution in [2.75, 3.05) is 24.7 Å². The van der Waals surface area contributed by atoms with Crippen LogP contribution in [0, 0.1) is 13.8 Å². The van der Waals surface area contributed by atoms with Gasteiger partial charge in [-0.05, 0) is 57.9 Å². The molecule has 0 aliphatic carbocycles. The van der Waals surface area contributed by atoms with Gasteiger partial charge in [-0.3, -0.25) is 14.4 Å². The Labute approximate surface area is 174 Å². The second kappa shape index (κ2) is 8.51. The number of ether oxygens (including phenoxy) is 2. The van der Waals surface area contributed by atoms with Gasteiger partial charge in [0.2, 0.25) is 0 Å². The molecule has 1 unspecified atom stereocenters. The number of carbonyl (C=O) groups is 1. The lowest BCUT2D eigenvalue weighted by Crippen LogP contribution is -2.39. The number of nitrogens with zero attached hydrogens (tertiary/aromatic N) is 4. The fraction of sp³-hybridized carbons (Fsp3) is 0.476. The van der Waals surface area contributed by atoms with E-state index in [1.165, 1.54) is 11.3 Å². The number of hydrogen-bond donors (Lipinski definition) is 0. The minimum Gasteiger partial charge on any atom is -0.494 e. The summed E-state index contributed by atoms with van der Waals surface area (Å²) < 4.78 is 14.2. The fourth-order valence-corrected chi connectivity index (χ4v) is 4.61. The van der Waals surface area contributed by atoms with Crippen molar-refractivity contribution >= 4 is 32.6 Å². The van der Waals surface area contributed by atoms with Gasteiger partial charge in [-0.25, -0.2) is 4.98 Å². The monoisotopic (exact) mass is 414 g/mol. The van der Waals surface area contributed by atoms with Crippen molar-refractivity contribution in [2.24, 2.45) is 0 Å². The summed E-state index contributed by atoms with van der Waals surface area (Å²) in [5.74, 6) is 0.783. The van der Waals surface area contributed by atoms with Crippen LogP contribution >= 0.6 is 11.3 Å². The van der Waals surface area contributed by atoms with Crippen LogP contribution in [0.25, 0.3) is 10.2 Å². The van der Waals surface area contributed by atoms with E-state index in [1.54, 1.807) is 9.58 Å². The van der Waals surface area contributed by atoms with E-state index in [-0.39, 0.29) is 18.6 Å². The summed E-state index contributed by atoms with van der Waals surface area (Å²) in [6.45, 7) is 7.92. The summed E-state index contributed by atoms with van der Waals surface area (Å²) in [6.07, 6.45) is 2.04. The molecule has 3 aromatic rings. The molecular weight excluding hydrogens is 388 g/mol. The van der Waals surface area contributed by atoms with Crippen LogP contribution in [-0.4, -0.2) is 46.5 Å². The molecule has 1 atom stereocenters. The van der Waals surface area contributed by atoms with Crippen LogP contribution in [-0.2, 0) is 16.1 Å². The Bertz CT molecular complexity index is 1010. The number of benzene rings is 1. The van der Waals surface area contributed by atoms with E-state index in [9.17, 15) is 4.79 Å². The van der Waals surface area contributed by atoms with Gasteiger partial charge in [-0.15, -0.1) is 0 Å². The van der Waals surface area contributed by atoms with Gasteiger partial charge in [0.15, 0.2) is 5.13 Å². The average molecular weight is 415 g/mol. The Kier molecular flexibility index (Phi) is 5.82. The van der Waals surface area contributed by atoms with Crippen LogP contribution in [0.15, 0.2) is 24.3 Å². The van der Waals surface area contributed by atoms with E-state index in [0.29, 0.717) is 18.3 Å². The van der Waals surface area contributed by atoms with E-state index in [4.69, 9.17) is 14.5 Å². The van der Waals surface area contributed by atoms with E-state index in [1.807, 2.05) is 45.0 Å². The second-order valence-electron chi connectivity index (χ2n) is 7.28. The number of fused-ring (bicyclic) bond motifs is 1. The Hall–Kier alpha value is -2.45. The molecule has 0 bridgehead atoms. The summed E-state index contributed by atoms with van der Waals surface area (Å²) in [4.78, 5) is 19.8. The summed E-state index contributed by atoms with van der Waals surface area (Å²) in [7, 11) is 0. The Morgan fingerprint density at radius 2 is 2.24 bits per heavy atom. The van der Waals surface area contributed by atoms with Crippen LogP contribution in [0.5, 0.6) is 5.75 Å². The number of anilines is 1. The largest absolute Gasteiger partial charge is 0.494 e. The van der Waals surface area contributed by atoms with Crippen molar-refractivity contribution in [3.63, 3.8) is 0 Å². The van der Waals surface area contributed by atoms with Crippen LogP contribution in [0.1, 0.15) is 31.2 Å². The van der Waals surface area contributed by atoms with Gasteiger partial charge in [-0.2, -0.15) is 5.10 Å². The third-order valence-corrected chi connectivity index (χ3v) is 6.03. The molecule has 0 saturated carbocycles. The van der Waals surface area contributed by atoms with Crippen LogP contribution in [0.4, 0.5) is 5.13 Å². The van der Waals surface area contributed by atoms with Crippen molar-refractivity contribution in [3.05, 3.63) is 35.7 Å². The van der Waals surface area contributed by atoms with Crippen molar-refractivity contribution in [2.45, 2.75) is 46.3 Å². The standard InChI is InChI=1S/C21H26N4O3S/c1-4-27-16-7-8-18-19(11-16)29-21(22-18)24(12-17-6-5-9-28-17)20(26)13-25-15(3)10-14(2)23-25/h7-8,10-11,17H,4-6,9,12-13H2,1-3H3. The molecule has 0 spiro atoms. The number of carbonyl (C=O) groups excluding carboxylic acids is 1. The van der Waals surface area contributed by atoms with Crippen LogP contribution in [0.2, 0.25) is 0 Å². The molecule has 1 aliphatic heterocycles. The molecule has 0 N–H and O–H groups in total. The fourth-order valence-electron chi connectivity index (χ4n) is 3.59. The number of hydrogen-bond acceptors (Lipinski definition) is 6. The summed E-state index contributed by atoms with van der Waals surface area (Å²) in [5.41, 5.74) is 2.74. The van der Waals surface area contributed by atoms with Crippen molar-refractivity contribution in [3.8, 4) is 5.75 Å². The smallest absolute Gasteiger partial charge is 0.250 e. The third-order valence-electron chi connectivity index (χ3n) is 4.99. The minimum atomic E-state index is -0.0317. The summed E-state index contributed by atoms with van der Waals surface area (Å²) >= 11 is 1.51. The highest BCUT2D eigenvalue weighted by atomic mass is 32.1. The lowest BCUT2D eigenvalue weighted by atomic mass is 10.2. The Morgan fingerprint density at radius 1 is 1.38 bits per heavy atom. The lowest BCUT2D eigenvalue weighted by Gasteiger charge is -2.23. The zero-order valence-corrected chi connectivity index (χ0v) is 17.9. The third kappa shape index (κ3) is 4.43. The molecule has 3 heterocycles. The van der Waals surface area contributed by atoms with Gasteiger partial charge in [-0.1, -0.05) is 11.3 Å². The highest BCUT2D eigenvalue weighted by Gasteiger charge is 2.27. The number of thiazole rings is 1. The molecule has 1 aromatic carbocycles. The SMILES string of the molecule is CCOc1ccc2nc(N(CC3CCCO3)C(=O)Cn3nc(C)cc3C)sc2c1. The van der Waals surface area contributed by atoms with Crippen LogP contribution in [0.3, 0.4) is 0 Å². The summed E-state index contributed by atoms with van der Waals surface area (Å²) in [6, 6.07) is 7.81. The van der Waals surface area contributed by atoms with Gasteiger partial charge in [0.05, 0.1) is 35.2 Å². The zero-order valence-electron chi connectivity index (χ0n) is 17.1. The lowest BCUT2D eigenvalue weighted by molar-refractivity contribution is -0.119. The average Bonchev–Trinajstić information content (AvgIpc) is 3.40. The molecule has 4 rings (SSSR count). The quantitative estimate of drug-likeness (QED) is 0.589. The number of aryl methyl sites for hydroxylation is 2. The molecule has 1 aliphatic rings. The normalized spacial score (nSPS) is 16.4. The molecule has 8 heteroatoms. The highest BCUT2D eigenvalue weighted by molar-refractivity contribution is 7.22. The summed E-state index contributed by atoms with van der Waals surface area (Å²) in [5, 5.41) is 5.13. The van der Waals surface area contributed by atoms with E-state index >= 15 is 0 Å². The van der Waals surface area contributed by atoms with E-state index < -0.39 is 0 Å². The van der Waals surface area contributed by atoms with Gasteiger partial charge in [0, 0.05) is 12.3 Å². The predicted molar refractivity (Wildman–Crippen MR) is 114 cm³/mol. The first-order valence-corrected chi connectivity index (χ1v) is 10.8. The maximum atomic E-state index is 13.3. The molecule has 0 radical (unpaired) electrons. The predicted octanol–water partition coefficient (Wildman–Crippen LogP) is 3.72. The maximum Gasteiger partial charge on any atom is 0.250 e. The first-order chi connectivity index (χ1) is 14.0. The molecule has 29 heavy (non-hydrogen) atoms. The van der Waals surface area contributed by atoms with Crippen molar-refractivity contribution < 1.29 is 14.3 Å². The Morgan fingerprint density at radius 3 is 2.93 bits per heavy atom. The topological polar surface area (TPSA) is 69.5 Å². The molecule has 7 nitrogen and oxygen atoms in total. The number of rotatable bonds is 7. The molecule has 1 saturated heterocycles. The van der Waals surface area contributed by atoms with Gasteiger partial charge >= 0.3 is 0 Å². The van der Waals surface area contributed by atoms with Gasteiger partial charge in [0.1, 0.15) is 12.3 Å². The second-order valence-corrected chi connectivity index (χ2v) is 8.29. The van der Waals surface area contributed by atoms with Gasteiger partial charge in [0.25, 0.3) is 5.91 Å². The molecule has 1 fully saturated rings. The molecule has 1 amide bonds. The number of aromatic nitrogens is 3. The van der Waals surface area contributed by atoms with E-state index in [2.05, 4.69) is 5.10 Å².